The summed E-state index contributed by atoms with van der Waals surface area (Å²) in [6, 6.07) is 10.1. The van der Waals surface area contributed by atoms with Crippen molar-refractivity contribution in [2.45, 2.75) is 33.3 Å². The first-order valence-corrected chi connectivity index (χ1v) is 6.97. The molecule has 1 aliphatic rings. The number of hydrogen-bond acceptors (Lipinski definition) is 3. The molecule has 0 unspecified atom stereocenters. The molecule has 0 aliphatic heterocycles. The maximum atomic E-state index is 11.8. The van der Waals surface area contributed by atoms with Crippen molar-refractivity contribution in [2.75, 3.05) is 13.7 Å². The van der Waals surface area contributed by atoms with Gasteiger partial charge in [-0.1, -0.05) is 37.3 Å². The maximum Gasteiger partial charge on any atom is 0.161 e. The number of hydrogen-bond donors (Lipinski definition) is 0. The Morgan fingerprint density at radius 2 is 1.95 bits per heavy atom. The number of rotatable bonds is 5. The molecule has 1 aliphatic carbocycles. The highest BCUT2D eigenvalue weighted by Crippen LogP contribution is 2.39. The number of ketones is 1. The second-order valence-corrected chi connectivity index (χ2v) is 5.62. The third-order valence-corrected chi connectivity index (χ3v) is 3.95. The van der Waals surface area contributed by atoms with E-state index in [1.54, 1.807) is 7.11 Å². The van der Waals surface area contributed by atoms with Crippen LogP contribution in [-0.2, 0) is 20.9 Å². The lowest BCUT2D eigenvalue weighted by Gasteiger charge is -2.35. The van der Waals surface area contributed by atoms with Gasteiger partial charge in [-0.15, -0.1) is 0 Å². The standard InChI is InChI=1S/C17H22O3/c1-13-15(18)9-10-17(2,16(13)19-3)12-20-11-14-7-5-4-6-8-14/h4-8H,9-12H2,1-3H3/t17-/m1/s1. The zero-order valence-electron chi connectivity index (χ0n) is 12.4. The van der Waals surface area contributed by atoms with E-state index in [0.29, 0.717) is 19.6 Å². The van der Waals surface area contributed by atoms with Crippen LogP contribution in [0.4, 0.5) is 0 Å². The van der Waals surface area contributed by atoms with E-state index in [1.165, 1.54) is 0 Å². The Labute approximate surface area is 120 Å². The van der Waals surface area contributed by atoms with E-state index >= 15 is 0 Å². The molecular formula is C17H22O3. The van der Waals surface area contributed by atoms with Crippen molar-refractivity contribution >= 4 is 5.78 Å². The Morgan fingerprint density at radius 3 is 2.60 bits per heavy atom. The van der Waals surface area contributed by atoms with Crippen molar-refractivity contribution in [1.29, 1.82) is 0 Å². The fourth-order valence-electron chi connectivity index (χ4n) is 2.78. The largest absolute Gasteiger partial charge is 0.500 e. The molecule has 0 aromatic heterocycles. The topological polar surface area (TPSA) is 35.5 Å². The van der Waals surface area contributed by atoms with Crippen molar-refractivity contribution in [3.05, 3.63) is 47.2 Å². The van der Waals surface area contributed by atoms with Gasteiger partial charge < -0.3 is 9.47 Å². The molecule has 0 heterocycles. The first kappa shape index (κ1) is 14.8. The average molecular weight is 274 g/mol. The molecule has 3 heteroatoms. The lowest BCUT2D eigenvalue weighted by Crippen LogP contribution is -2.33. The Bertz CT molecular complexity index is 504. The number of carbonyl (C=O) groups excluding carboxylic acids is 1. The quantitative estimate of drug-likeness (QED) is 0.824. The lowest BCUT2D eigenvalue weighted by molar-refractivity contribution is -0.118. The highest BCUT2D eigenvalue weighted by molar-refractivity contribution is 5.96. The van der Waals surface area contributed by atoms with Crippen LogP contribution >= 0.6 is 0 Å². The molecule has 1 aromatic carbocycles. The second-order valence-electron chi connectivity index (χ2n) is 5.62. The van der Waals surface area contributed by atoms with Gasteiger partial charge in [0.15, 0.2) is 5.78 Å². The predicted molar refractivity (Wildman–Crippen MR) is 78.2 cm³/mol. The minimum absolute atomic E-state index is 0.183. The zero-order chi connectivity index (χ0) is 14.6. The van der Waals surface area contributed by atoms with Crippen molar-refractivity contribution in [1.82, 2.24) is 0 Å². The number of Topliss-reactive ketones (excluding diaryl/α,β-unsaturated/α-hetero) is 1. The van der Waals surface area contributed by atoms with Gasteiger partial charge in [-0.05, 0) is 18.9 Å². The van der Waals surface area contributed by atoms with Crippen molar-refractivity contribution in [2.24, 2.45) is 5.41 Å². The molecule has 108 valence electrons. The van der Waals surface area contributed by atoms with Gasteiger partial charge in [0, 0.05) is 17.4 Å². The summed E-state index contributed by atoms with van der Waals surface area (Å²) in [5.41, 5.74) is 1.69. The fraction of sp³-hybridized carbons (Fsp3) is 0.471. The number of allylic oxidation sites excluding steroid dienone is 1. The summed E-state index contributed by atoms with van der Waals surface area (Å²) in [6.07, 6.45) is 1.35. The van der Waals surface area contributed by atoms with E-state index in [9.17, 15) is 4.79 Å². The van der Waals surface area contributed by atoms with E-state index in [4.69, 9.17) is 9.47 Å². The molecule has 3 nitrogen and oxygen atoms in total. The van der Waals surface area contributed by atoms with Crippen molar-refractivity contribution < 1.29 is 14.3 Å². The SMILES string of the molecule is COC1=C(C)C(=O)CC[C@]1(C)COCc1ccccc1. The summed E-state index contributed by atoms with van der Waals surface area (Å²) in [6.45, 7) is 5.10. The normalized spacial score (nSPS) is 23.1. The van der Waals surface area contributed by atoms with Gasteiger partial charge in [0.1, 0.15) is 5.76 Å². The first-order chi connectivity index (χ1) is 9.57. The predicted octanol–water partition coefficient (Wildman–Crippen LogP) is 3.49. The van der Waals surface area contributed by atoms with Gasteiger partial charge in [0.05, 0.1) is 20.3 Å². The summed E-state index contributed by atoms with van der Waals surface area (Å²) >= 11 is 0. The van der Waals surface area contributed by atoms with Crippen LogP contribution in [0.3, 0.4) is 0 Å². The van der Waals surface area contributed by atoms with Crippen LogP contribution in [-0.4, -0.2) is 19.5 Å². The van der Waals surface area contributed by atoms with E-state index < -0.39 is 0 Å². The third-order valence-electron chi connectivity index (χ3n) is 3.95. The minimum Gasteiger partial charge on any atom is -0.500 e. The molecule has 1 atom stereocenters. The highest BCUT2D eigenvalue weighted by atomic mass is 16.5. The Balaban J connectivity index is 2.02. The number of benzene rings is 1. The van der Waals surface area contributed by atoms with Gasteiger partial charge in [-0.3, -0.25) is 4.79 Å². The fourth-order valence-corrected chi connectivity index (χ4v) is 2.78. The molecule has 20 heavy (non-hydrogen) atoms. The summed E-state index contributed by atoms with van der Waals surface area (Å²) < 4.78 is 11.3. The van der Waals surface area contributed by atoms with Crippen LogP contribution in [0.25, 0.3) is 0 Å². The summed E-state index contributed by atoms with van der Waals surface area (Å²) in [7, 11) is 1.63. The monoisotopic (exact) mass is 274 g/mol. The van der Waals surface area contributed by atoms with E-state index in [0.717, 1.165) is 23.3 Å². The Kier molecular flexibility index (Phi) is 4.61. The van der Waals surface area contributed by atoms with Crippen LogP contribution in [0.5, 0.6) is 0 Å². The van der Waals surface area contributed by atoms with Crippen molar-refractivity contribution in [3.8, 4) is 0 Å². The number of carbonyl (C=O) groups is 1. The molecule has 0 saturated carbocycles. The van der Waals surface area contributed by atoms with Crippen LogP contribution < -0.4 is 0 Å². The minimum atomic E-state index is -0.207. The van der Waals surface area contributed by atoms with E-state index in [-0.39, 0.29) is 11.2 Å². The molecule has 0 saturated heterocycles. The Morgan fingerprint density at radius 1 is 1.25 bits per heavy atom. The van der Waals surface area contributed by atoms with Gasteiger partial charge in [0.25, 0.3) is 0 Å². The molecule has 0 amide bonds. The summed E-state index contributed by atoms with van der Waals surface area (Å²) in [5.74, 6) is 0.962. The molecule has 1 aromatic rings. The van der Waals surface area contributed by atoms with Crippen molar-refractivity contribution in [3.63, 3.8) is 0 Å². The average Bonchev–Trinajstić information content (AvgIpc) is 2.45. The van der Waals surface area contributed by atoms with Gasteiger partial charge in [-0.2, -0.15) is 0 Å². The lowest BCUT2D eigenvalue weighted by atomic mass is 9.76. The molecule has 0 fully saturated rings. The van der Waals surface area contributed by atoms with E-state index in [1.807, 2.05) is 37.3 Å². The molecular weight excluding hydrogens is 252 g/mol. The first-order valence-electron chi connectivity index (χ1n) is 6.97. The smallest absolute Gasteiger partial charge is 0.161 e. The highest BCUT2D eigenvalue weighted by Gasteiger charge is 2.37. The van der Waals surface area contributed by atoms with Crippen LogP contribution in [0, 0.1) is 5.41 Å². The van der Waals surface area contributed by atoms with Crippen LogP contribution in [0.1, 0.15) is 32.3 Å². The molecule has 2 rings (SSSR count). The van der Waals surface area contributed by atoms with Gasteiger partial charge in [-0.25, -0.2) is 0 Å². The van der Waals surface area contributed by atoms with Gasteiger partial charge >= 0.3 is 0 Å². The Hall–Kier alpha value is -1.61. The molecule has 0 radical (unpaired) electrons. The zero-order valence-corrected chi connectivity index (χ0v) is 12.4. The number of methoxy groups -OCH3 is 1. The van der Waals surface area contributed by atoms with Crippen LogP contribution in [0.15, 0.2) is 41.7 Å². The third kappa shape index (κ3) is 3.10. The summed E-state index contributed by atoms with van der Waals surface area (Å²) in [5, 5.41) is 0. The molecule has 0 N–H and O–H groups in total. The van der Waals surface area contributed by atoms with Crippen LogP contribution in [0.2, 0.25) is 0 Å². The molecule has 0 spiro atoms. The summed E-state index contributed by atoms with van der Waals surface area (Å²) in [4.78, 5) is 11.8. The second kappa shape index (κ2) is 6.23. The number of ether oxygens (including phenoxy) is 2. The van der Waals surface area contributed by atoms with Gasteiger partial charge in [0.2, 0.25) is 0 Å². The maximum absolute atomic E-state index is 11.8. The molecule has 0 bridgehead atoms. The van der Waals surface area contributed by atoms with E-state index in [2.05, 4.69) is 6.92 Å².